The van der Waals surface area contributed by atoms with E-state index in [1.807, 2.05) is 0 Å². The smallest absolute Gasteiger partial charge is 0.169 e. The van der Waals surface area contributed by atoms with Gasteiger partial charge in [0.05, 0.1) is 13.2 Å². The Labute approximate surface area is 169 Å². The van der Waals surface area contributed by atoms with Crippen LogP contribution in [0, 0.1) is 22.7 Å². The van der Waals surface area contributed by atoms with E-state index in [-0.39, 0.29) is 5.57 Å². The minimum atomic E-state index is 0.211. The number of morpholine rings is 1. The molecule has 0 unspecified atom stereocenters. The predicted molar refractivity (Wildman–Crippen MR) is 108 cm³/mol. The molecule has 3 aliphatic rings. The molecule has 0 spiro atoms. The Kier molecular flexibility index (Phi) is 8.42. The zero-order valence-corrected chi connectivity index (χ0v) is 17.0. The van der Waals surface area contributed by atoms with Crippen LogP contribution in [0.1, 0.15) is 38.5 Å². The second kappa shape index (κ2) is 11.3. The van der Waals surface area contributed by atoms with Gasteiger partial charge in [-0.05, 0) is 51.7 Å². The highest BCUT2D eigenvalue weighted by Crippen LogP contribution is 2.21. The molecule has 0 aromatic rings. The van der Waals surface area contributed by atoms with Crippen LogP contribution >= 0.6 is 0 Å². The van der Waals surface area contributed by atoms with Crippen molar-refractivity contribution in [1.82, 2.24) is 20.0 Å². The van der Waals surface area contributed by atoms with Crippen LogP contribution in [-0.2, 0) is 4.74 Å². The number of nitriles is 2. The van der Waals surface area contributed by atoms with Crippen molar-refractivity contribution in [3.05, 3.63) is 11.4 Å². The summed E-state index contributed by atoms with van der Waals surface area (Å²) in [5.74, 6) is 0.740. The van der Waals surface area contributed by atoms with Crippen molar-refractivity contribution < 1.29 is 4.74 Å². The number of nitrogens with one attached hydrogen (secondary N) is 1. The number of ether oxygens (including phenoxy) is 1. The van der Waals surface area contributed by atoms with E-state index in [1.165, 1.54) is 32.4 Å². The summed E-state index contributed by atoms with van der Waals surface area (Å²) >= 11 is 0. The maximum absolute atomic E-state index is 9.42. The van der Waals surface area contributed by atoms with Gasteiger partial charge in [-0.2, -0.15) is 10.5 Å². The van der Waals surface area contributed by atoms with Gasteiger partial charge in [-0.1, -0.05) is 6.42 Å². The summed E-state index contributed by atoms with van der Waals surface area (Å²) in [6, 6.07) is 4.77. The van der Waals surface area contributed by atoms with Crippen molar-refractivity contribution in [1.29, 1.82) is 10.5 Å². The molecule has 0 saturated carbocycles. The molecule has 1 N–H and O–H groups in total. The quantitative estimate of drug-likeness (QED) is 0.525. The average molecular weight is 387 g/mol. The molecule has 0 radical (unpaired) electrons. The lowest BCUT2D eigenvalue weighted by molar-refractivity contribution is 0.00293. The summed E-state index contributed by atoms with van der Waals surface area (Å²) in [6.07, 6.45) is 7.16. The zero-order valence-electron chi connectivity index (χ0n) is 17.0. The third kappa shape index (κ3) is 5.85. The Morgan fingerprint density at radius 3 is 2.25 bits per heavy atom. The molecule has 0 aromatic carbocycles. The second-order valence-electron chi connectivity index (χ2n) is 8.00. The van der Waals surface area contributed by atoms with Crippen LogP contribution < -0.4 is 5.32 Å². The summed E-state index contributed by atoms with van der Waals surface area (Å²) < 4.78 is 5.46. The van der Waals surface area contributed by atoms with E-state index in [2.05, 4.69) is 32.2 Å². The van der Waals surface area contributed by atoms with E-state index < -0.39 is 0 Å². The molecule has 0 amide bonds. The first-order valence-electron chi connectivity index (χ1n) is 10.9. The number of rotatable bonds is 7. The number of hydrogen-bond donors (Lipinski definition) is 1. The van der Waals surface area contributed by atoms with Gasteiger partial charge in [0.15, 0.2) is 5.57 Å². The van der Waals surface area contributed by atoms with E-state index in [9.17, 15) is 10.5 Å². The van der Waals surface area contributed by atoms with Gasteiger partial charge in [-0.25, -0.2) is 0 Å². The van der Waals surface area contributed by atoms with E-state index in [0.29, 0.717) is 6.04 Å². The first kappa shape index (κ1) is 20.9. The minimum Gasteiger partial charge on any atom is -0.379 e. The van der Waals surface area contributed by atoms with Crippen LogP contribution in [0.15, 0.2) is 11.4 Å². The molecule has 0 atom stereocenters. The van der Waals surface area contributed by atoms with Gasteiger partial charge in [-0.3, -0.25) is 4.90 Å². The van der Waals surface area contributed by atoms with Gasteiger partial charge in [-0.15, -0.1) is 0 Å². The maximum atomic E-state index is 9.42. The zero-order chi connectivity index (χ0) is 19.6. The van der Waals surface area contributed by atoms with Gasteiger partial charge in [0, 0.05) is 38.8 Å². The largest absolute Gasteiger partial charge is 0.379 e. The first-order chi connectivity index (χ1) is 13.8. The molecule has 7 heteroatoms. The molecule has 0 aliphatic carbocycles. The molecule has 0 aromatic heterocycles. The summed E-state index contributed by atoms with van der Waals surface area (Å²) in [6.45, 7) is 9.79. The Hall–Kier alpha value is -1.80. The van der Waals surface area contributed by atoms with E-state index >= 15 is 0 Å². The molecule has 28 heavy (non-hydrogen) atoms. The van der Waals surface area contributed by atoms with Crippen LogP contribution in [0.2, 0.25) is 0 Å². The number of hydrogen-bond acceptors (Lipinski definition) is 7. The molecule has 154 valence electrons. The fourth-order valence-electron chi connectivity index (χ4n) is 4.58. The monoisotopic (exact) mass is 386 g/mol. The lowest BCUT2D eigenvalue weighted by atomic mass is 10.0. The van der Waals surface area contributed by atoms with Gasteiger partial charge in [0.2, 0.25) is 0 Å². The van der Waals surface area contributed by atoms with Crippen LogP contribution in [0.4, 0.5) is 0 Å². The second-order valence-corrected chi connectivity index (χ2v) is 8.00. The Morgan fingerprint density at radius 2 is 1.61 bits per heavy atom. The lowest BCUT2D eigenvalue weighted by Gasteiger charge is -2.41. The van der Waals surface area contributed by atoms with Crippen molar-refractivity contribution in [2.45, 2.75) is 44.6 Å². The lowest BCUT2D eigenvalue weighted by Crippen LogP contribution is -2.50. The molecule has 3 aliphatic heterocycles. The van der Waals surface area contributed by atoms with Crippen molar-refractivity contribution in [2.24, 2.45) is 0 Å². The Bertz CT molecular complexity index is 571. The first-order valence-corrected chi connectivity index (χ1v) is 10.9. The summed E-state index contributed by atoms with van der Waals surface area (Å²) in [4.78, 5) is 7.27. The van der Waals surface area contributed by atoms with Crippen molar-refractivity contribution in [3.8, 4) is 12.1 Å². The number of piperidine rings is 2. The van der Waals surface area contributed by atoms with Gasteiger partial charge < -0.3 is 19.9 Å². The van der Waals surface area contributed by atoms with Crippen LogP contribution in [0.25, 0.3) is 0 Å². The topological polar surface area (TPSA) is 78.6 Å². The molecule has 7 nitrogen and oxygen atoms in total. The minimum absolute atomic E-state index is 0.211. The standard InChI is InChI=1S/C21H34N6O/c22-17-19(18-23)21(24-7-4-10-25-8-2-1-3-9-25)27-11-5-20(6-12-27)26-13-15-28-16-14-26/h20,24H,1-16H2. The molecule has 0 bridgehead atoms. The predicted octanol–water partition coefficient (Wildman–Crippen LogP) is 1.51. The normalized spacial score (nSPS) is 22.3. The molecule has 3 rings (SSSR count). The molecule has 3 fully saturated rings. The third-order valence-electron chi connectivity index (χ3n) is 6.20. The van der Waals surface area contributed by atoms with Crippen molar-refractivity contribution in [3.63, 3.8) is 0 Å². The number of likely N-dealkylation sites (tertiary alicyclic amines) is 2. The van der Waals surface area contributed by atoms with Crippen LogP contribution in [-0.4, -0.2) is 86.3 Å². The SMILES string of the molecule is N#CC(C#N)=C(NCCCN1CCCCC1)N1CCC(N2CCOCC2)CC1. The number of allylic oxidation sites excluding steroid dienone is 1. The van der Waals surface area contributed by atoms with Crippen molar-refractivity contribution >= 4 is 0 Å². The van der Waals surface area contributed by atoms with E-state index in [4.69, 9.17) is 4.74 Å². The molecular formula is C21H34N6O. The van der Waals surface area contributed by atoms with Gasteiger partial charge in [0.1, 0.15) is 18.0 Å². The van der Waals surface area contributed by atoms with Crippen LogP contribution in [0.3, 0.4) is 0 Å². The van der Waals surface area contributed by atoms with E-state index in [0.717, 1.165) is 77.6 Å². The fourth-order valence-corrected chi connectivity index (χ4v) is 4.58. The average Bonchev–Trinajstić information content (AvgIpc) is 2.77. The Balaban J connectivity index is 1.49. The van der Waals surface area contributed by atoms with Gasteiger partial charge in [0.25, 0.3) is 0 Å². The fraction of sp³-hybridized carbons (Fsp3) is 0.810. The third-order valence-corrected chi connectivity index (χ3v) is 6.20. The highest BCUT2D eigenvalue weighted by atomic mass is 16.5. The Morgan fingerprint density at radius 1 is 0.929 bits per heavy atom. The van der Waals surface area contributed by atoms with E-state index in [1.54, 1.807) is 0 Å². The van der Waals surface area contributed by atoms with Gasteiger partial charge >= 0.3 is 0 Å². The number of nitrogens with zero attached hydrogens (tertiary/aromatic N) is 5. The highest BCUT2D eigenvalue weighted by Gasteiger charge is 2.27. The van der Waals surface area contributed by atoms with Crippen molar-refractivity contribution in [2.75, 3.05) is 65.6 Å². The van der Waals surface area contributed by atoms with Crippen LogP contribution in [0.5, 0.6) is 0 Å². The maximum Gasteiger partial charge on any atom is 0.169 e. The summed E-state index contributed by atoms with van der Waals surface area (Å²) in [7, 11) is 0. The molecule has 3 saturated heterocycles. The highest BCUT2D eigenvalue weighted by molar-refractivity contribution is 5.39. The summed E-state index contributed by atoms with van der Waals surface area (Å²) in [5, 5.41) is 22.3. The summed E-state index contributed by atoms with van der Waals surface area (Å²) in [5.41, 5.74) is 0.211. The molecule has 3 heterocycles. The molecular weight excluding hydrogens is 352 g/mol.